The number of nitrogens with zero attached hydrogens (tertiary/aromatic N) is 4. The summed E-state index contributed by atoms with van der Waals surface area (Å²) < 4.78 is 1.04. The fraction of sp³-hybridized carbons (Fsp3) is 0.0833. The third kappa shape index (κ3) is 2.63. The number of non-ortho nitro benzene ring substituents is 1. The lowest BCUT2D eigenvalue weighted by atomic mass is 10.1. The van der Waals surface area contributed by atoms with Crippen LogP contribution in [0.5, 0.6) is 0 Å². The lowest BCUT2D eigenvalue weighted by Crippen LogP contribution is -2.21. The SMILES string of the molecule is N#CCn1nc(-c2ccc([N+](=O)[O-])cc2)ccc1=O. The minimum Gasteiger partial charge on any atom is -0.268 e. The van der Waals surface area contributed by atoms with E-state index in [9.17, 15) is 14.9 Å². The maximum Gasteiger partial charge on any atom is 0.269 e. The average Bonchev–Trinajstić information content (AvgIpc) is 2.41. The van der Waals surface area contributed by atoms with Crippen LogP contribution in [0.1, 0.15) is 0 Å². The van der Waals surface area contributed by atoms with E-state index in [-0.39, 0.29) is 17.8 Å². The number of hydrogen-bond acceptors (Lipinski definition) is 5. The van der Waals surface area contributed by atoms with Gasteiger partial charge in [0.15, 0.2) is 0 Å². The molecule has 0 unspecified atom stereocenters. The predicted molar refractivity (Wildman–Crippen MR) is 66.2 cm³/mol. The maximum atomic E-state index is 11.4. The van der Waals surface area contributed by atoms with Gasteiger partial charge in [0.1, 0.15) is 6.54 Å². The van der Waals surface area contributed by atoms with Gasteiger partial charge in [-0.15, -0.1) is 0 Å². The van der Waals surface area contributed by atoms with Crippen molar-refractivity contribution in [1.29, 1.82) is 5.26 Å². The predicted octanol–water partition coefficient (Wildman–Crippen LogP) is 1.34. The van der Waals surface area contributed by atoms with Gasteiger partial charge in [0, 0.05) is 23.8 Å². The fourth-order valence-corrected chi connectivity index (χ4v) is 1.54. The topological polar surface area (TPSA) is 102 Å². The first-order valence-electron chi connectivity index (χ1n) is 5.32. The van der Waals surface area contributed by atoms with Gasteiger partial charge in [0.25, 0.3) is 11.2 Å². The zero-order valence-corrected chi connectivity index (χ0v) is 9.68. The standard InChI is InChI=1S/C12H8N4O3/c13-7-8-15-12(17)6-5-11(14-15)9-1-3-10(4-2-9)16(18)19/h1-6H,8H2. The molecule has 2 aromatic rings. The second-order valence-corrected chi connectivity index (χ2v) is 3.68. The molecular formula is C12H8N4O3. The van der Waals surface area contributed by atoms with E-state index in [1.807, 2.05) is 6.07 Å². The summed E-state index contributed by atoms with van der Waals surface area (Å²) in [5.41, 5.74) is 0.725. The minimum atomic E-state index is -0.492. The summed E-state index contributed by atoms with van der Waals surface area (Å²) in [4.78, 5) is 21.4. The zero-order chi connectivity index (χ0) is 13.8. The zero-order valence-electron chi connectivity index (χ0n) is 9.68. The van der Waals surface area contributed by atoms with Crippen LogP contribution in [0.4, 0.5) is 5.69 Å². The van der Waals surface area contributed by atoms with Crippen LogP contribution in [0.25, 0.3) is 11.3 Å². The molecule has 2 rings (SSSR count). The van der Waals surface area contributed by atoms with E-state index in [0.29, 0.717) is 11.3 Å². The number of benzene rings is 1. The third-order valence-electron chi connectivity index (χ3n) is 2.46. The highest BCUT2D eigenvalue weighted by molar-refractivity contribution is 5.60. The van der Waals surface area contributed by atoms with Gasteiger partial charge in [0.05, 0.1) is 16.7 Å². The van der Waals surface area contributed by atoms with Crippen molar-refractivity contribution < 1.29 is 4.92 Å². The van der Waals surface area contributed by atoms with Crippen molar-refractivity contribution >= 4 is 5.69 Å². The van der Waals surface area contributed by atoms with Crippen LogP contribution in [0.3, 0.4) is 0 Å². The molecule has 94 valence electrons. The van der Waals surface area contributed by atoms with Crippen molar-refractivity contribution in [2.45, 2.75) is 6.54 Å². The summed E-state index contributed by atoms with van der Waals surface area (Å²) in [6, 6.07) is 10.5. The van der Waals surface area contributed by atoms with Crippen LogP contribution >= 0.6 is 0 Å². The van der Waals surface area contributed by atoms with E-state index in [2.05, 4.69) is 5.10 Å². The van der Waals surface area contributed by atoms with Crippen molar-refractivity contribution in [3.63, 3.8) is 0 Å². The highest BCUT2D eigenvalue weighted by Crippen LogP contribution is 2.19. The lowest BCUT2D eigenvalue weighted by Gasteiger charge is -2.03. The Bertz CT molecular complexity index is 713. The molecule has 0 radical (unpaired) electrons. The van der Waals surface area contributed by atoms with Crippen LogP contribution in [0, 0.1) is 21.4 Å². The molecule has 1 aromatic carbocycles. The second kappa shape index (κ2) is 5.10. The van der Waals surface area contributed by atoms with Crippen LogP contribution in [-0.4, -0.2) is 14.7 Å². The molecule has 1 heterocycles. The molecule has 0 aliphatic rings. The van der Waals surface area contributed by atoms with Gasteiger partial charge in [-0.05, 0) is 18.2 Å². The van der Waals surface area contributed by atoms with Crippen LogP contribution < -0.4 is 5.56 Å². The number of nitro benzene ring substituents is 1. The smallest absolute Gasteiger partial charge is 0.268 e. The maximum absolute atomic E-state index is 11.4. The van der Waals surface area contributed by atoms with Crippen LogP contribution in [-0.2, 0) is 6.54 Å². The molecule has 0 spiro atoms. The number of hydrogen-bond donors (Lipinski definition) is 0. The number of rotatable bonds is 3. The summed E-state index contributed by atoms with van der Waals surface area (Å²) >= 11 is 0. The Labute approximate surface area is 107 Å². The van der Waals surface area contributed by atoms with Gasteiger partial charge < -0.3 is 0 Å². The largest absolute Gasteiger partial charge is 0.269 e. The van der Waals surface area contributed by atoms with Crippen molar-refractivity contribution in [1.82, 2.24) is 9.78 Å². The van der Waals surface area contributed by atoms with Crippen molar-refractivity contribution in [2.24, 2.45) is 0 Å². The second-order valence-electron chi connectivity index (χ2n) is 3.68. The van der Waals surface area contributed by atoms with E-state index >= 15 is 0 Å². The molecule has 0 bridgehead atoms. The summed E-state index contributed by atoms with van der Waals surface area (Å²) in [5.74, 6) is 0. The van der Waals surface area contributed by atoms with Gasteiger partial charge >= 0.3 is 0 Å². The quantitative estimate of drug-likeness (QED) is 0.609. The normalized spacial score (nSPS) is 9.84. The molecule has 7 heteroatoms. The van der Waals surface area contributed by atoms with Crippen molar-refractivity contribution in [3.05, 3.63) is 56.9 Å². The van der Waals surface area contributed by atoms with Crippen molar-refractivity contribution in [2.75, 3.05) is 0 Å². The Morgan fingerprint density at radius 2 is 1.95 bits per heavy atom. The summed E-state index contributed by atoms with van der Waals surface area (Å²) in [7, 11) is 0. The highest BCUT2D eigenvalue weighted by atomic mass is 16.6. The molecule has 0 amide bonds. The van der Waals surface area contributed by atoms with E-state index in [1.165, 1.54) is 24.3 Å². The summed E-state index contributed by atoms with van der Waals surface area (Å²) in [6.07, 6.45) is 0. The first-order valence-corrected chi connectivity index (χ1v) is 5.32. The average molecular weight is 256 g/mol. The molecule has 0 aliphatic carbocycles. The number of nitriles is 1. The fourth-order valence-electron chi connectivity index (χ4n) is 1.54. The van der Waals surface area contributed by atoms with Gasteiger partial charge in [-0.1, -0.05) is 0 Å². The Kier molecular flexibility index (Phi) is 3.34. The number of nitro groups is 1. The third-order valence-corrected chi connectivity index (χ3v) is 2.46. The molecule has 0 aliphatic heterocycles. The van der Waals surface area contributed by atoms with Crippen LogP contribution in [0.15, 0.2) is 41.2 Å². The minimum absolute atomic E-state index is 0.0194. The molecule has 7 nitrogen and oxygen atoms in total. The Balaban J connectivity index is 2.42. The Morgan fingerprint density at radius 3 is 2.53 bits per heavy atom. The Hall–Kier alpha value is -3.01. The molecule has 0 saturated carbocycles. The Morgan fingerprint density at radius 1 is 1.26 bits per heavy atom. The molecule has 0 fully saturated rings. The van der Waals surface area contributed by atoms with Gasteiger partial charge in [-0.3, -0.25) is 14.9 Å². The molecule has 0 N–H and O–H groups in total. The monoisotopic (exact) mass is 256 g/mol. The van der Waals surface area contributed by atoms with E-state index in [4.69, 9.17) is 5.26 Å². The highest BCUT2D eigenvalue weighted by Gasteiger charge is 2.07. The molecule has 1 aromatic heterocycles. The van der Waals surface area contributed by atoms with Crippen LogP contribution in [0.2, 0.25) is 0 Å². The van der Waals surface area contributed by atoms with Crippen molar-refractivity contribution in [3.8, 4) is 17.3 Å². The van der Waals surface area contributed by atoms with E-state index in [1.54, 1.807) is 12.1 Å². The van der Waals surface area contributed by atoms with Gasteiger partial charge in [0.2, 0.25) is 0 Å². The summed E-state index contributed by atoms with van der Waals surface area (Å²) in [6.45, 7) is -0.139. The number of aromatic nitrogens is 2. The first-order chi connectivity index (χ1) is 9.11. The van der Waals surface area contributed by atoms with E-state index in [0.717, 1.165) is 4.68 Å². The summed E-state index contributed by atoms with van der Waals surface area (Å²) in [5, 5.41) is 23.1. The molecule has 0 atom stereocenters. The van der Waals surface area contributed by atoms with Gasteiger partial charge in [-0.25, -0.2) is 4.68 Å². The first kappa shape index (κ1) is 12.4. The van der Waals surface area contributed by atoms with E-state index < -0.39 is 4.92 Å². The molecular weight excluding hydrogens is 248 g/mol. The molecule has 0 saturated heterocycles. The van der Waals surface area contributed by atoms with Gasteiger partial charge in [-0.2, -0.15) is 10.4 Å². The molecule has 19 heavy (non-hydrogen) atoms. The lowest BCUT2D eigenvalue weighted by molar-refractivity contribution is -0.384.